The van der Waals surface area contributed by atoms with Gasteiger partial charge in [0.1, 0.15) is 0 Å². The van der Waals surface area contributed by atoms with Gasteiger partial charge in [0.2, 0.25) is 5.91 Å². The lowest BCUT2D eigenvalue weighted by Crippen LogP contribution is -2.14. The molecule has 0 aromatic heterocycles. The number of amides is 1. The number of rotatable bonds is 11. The van der Waals surface area contributed by atoms with E-state index in [9.17, 15) is 31.1 Å². The first kappa shape index (κ1) is 25.7. The van der Waals surface area contributed by atoms with E-state index in [1.807, 2.05) is 6.08 Å². The van der Waals surface area contributed by atoms with Gasteiger partial charge in [-0.25, -0.2) is 0 Å². The van der Waals surface area contributed by atoms with E-state index in [1.54, 1.807) is 13.0 Å². The number of carbonyl (C=O) groups is 1. The van der Waals surface area contributed by atoms with E-state index in [2.05, 4.69) is 0 Å². The average molecular weight is 437 g/mol. The summed E-state index contributed by atoms with van der Waals surface area (Å²) in [6, 6.07) is 1.56. The van der Waals surface area contributed by atoms with Crippen molar-refractivity contribution in [3.05, 3.63) is 58.7 Å². The predicted molar refractivity (Wildman–Crippen MR) is 101 cm³/mol. The average Bonchev–Trinajstić information content (AvgIpc) is 2.61. The third kappa shape index (κ3) is 9.96. The van der Waals surface area contributed by atoms with E-state index in [4.69, 9.17) is 10.5 Å². The van der Waals surface area contributed by atoms with Gasteiger partial charge in [-0.1, -0.05) is 31.1 Å². The smallest absolute Gasteiger partial charge is 0.377 e. The van der Waals surface area contributed by atoms with Gasteiger partial charge >= 0.3 is 12.4 Å². The van der Waals surface area contributed by atoms with Crippen molar-refractivity contribution >= 4 is 5.91 Å². The van der Waals surface area contributed by atoms with Crippen molar-refractivity contribution in [2.24, 2.45) is 5.73 Å². The van der Waals surface area contributed by atoms with Gasteiger partial charge in [-0.15, -0.1) is 0 Å². The number of benzene rings is 1. The maximum atomic E-state index is 13.1. The molecule has 0 bridgehead atoms. The highest BCUT2D eigenvalue weighted by atomic mass is 19.4. The van der Waals surface area contributed by atoms with Crippen LogP contribution >= 0.6 is 0 Å². The van der Waals surface area contributed by atoms with Gasteiger partial charge in [0.15, 0.2) is 0 Å². The topological polar surface area (TPSA) is 52.3 Å². The quantitative estimate of drug-likeness (QED) is 0.195. The molecule has 0 unspecified atom stereocenters. The monoisotopic (exact) mass is 437 g/mol. The van der Waals surface area contributed by atoms with E-state index in [0.29, 0.717) is 12.5 Å². The second-order valence-corrected chi connectivity index (χ2v) is 6.82. The summed E-state index contributed by atoms with van der Waals surface area (Å²) in [5, 5.41) is 0. The Bertz CT molecular complexity index is 751. The summed E-state index contributed by atoms with van der Waals surface area (Å²) >= 11 is 0. The second kappa shape index (κ2) is 11.8. The molecule has 0 atom stereocenters. The van der Waals surface area contributed by atoms with Crippen LogP contribution in [0.25, 0.3) is 0 Å². The zero-order valence-electron chi connectivity index (χ0n) is 16.6. The molecule has 1 aromatic rings. The van der Waals surface area contributed by atoms with Gasteiger partial charge < -0.3 is 10.5 Å². The highest BCUT2D eigenvalue weighted by Crippen LogP contribution is 2.37. The van der Waals surface area contributed by atoms with Crippen LogP contribution in [0.1, 0.15) is 55.7 Å². The van der Waals surface area contributed by atoms with Gasteiger partial charge in [0.05, 0.1) is 17.7 Å². The molecule has 0 aliphatic heterocycles. The Balaban J connectivity index is 2.36. The third-order valence-corrected chi connectivity index (χ3v) is 4.16. The second-order valence-electron chi connectivity index (χ2n) is 6.82. The van der Waals surface area contributed by atoms with Crippen molar-refractivity contribution in [1.29, 1.82) is 0 Å². The van der Waals surface area contributed by atoms with Crippen LogP contribution in [0.15, 0.2) is 42.0 Å². The van der Waals surface area contributed by atoms with Gasteiger partial charge in [-0.05, 0) is 49.5 Å². The first-order valence-corrected chi connectivity index (χ1v) is 9.40. The minimum absolute atomic E-state index is 0.118. The molecule has 1 amide bonds. The number of carbonyl (C=O) groups excluding carboxylic acids is 1. The van der Waals surface area contributed by atoms with Gasteiger partial charge in [-0.3, -0.25) is 4.79 Å². The van der Waals surface area contributed by atoms with Crippen molar-refractivity contribution in [3.63, 3.8) is 0 Å². The lowest BCUT2D eigenvalue weighted by Gasteiger charge is -2.16. The third-order valence-electron chi connectivity index (χ3n) is 4.16. The van der Waals surface area contributed by atoms with E-state index in [-0.39, 0.29) is 18.2 Å². The van der Waals surface area contributed by atoms with Crippen molar-refractivity contribution < 1.29 is 35.9 Å². The zero-order chi connectivity index (χ0) is 22.8. The predicted octanol–water partition coefficient (Wildman–Crippen LogP) is 6.18. The largest absolute Gasteiger partial charge is 0.416 e. The molecule has 0 radical (unpaired) electrons. The number of unbranched alkanes of at least 4 members (excludes halogenated alkanes) is 4. The van der Waals surface area contributed by atoms with Crippen molar-refractivity contribution in [1.82, 2.24) is 0 Å². The molecule has 0 saturated heterocycles. The number of nitrogens with two attached hydrogens (primary N) is 1. The molecule has 0 spiro atoms. The van der Waals surface area contributed by atoms with Crippen molar-refractivity contribution in [2.45, 2.75) is 58.0 Å². The van der Waals surface area contributed by atoms with Gasteiger partial charge in [0, 0.05) is 12.7 Å². The molecular formula is C21H25F6NO2. The Morgan fingerprint density at radius 2 is 1.70 bits per heavy atom. The summed E-state index contributed by atoms with van der Waals surface area (Å²) in [5.41, 5.74) is 2.81. The molecule has 3 nitrogen and oxygen atoms in total. The summed E-state index contributed by atoms with van der Waals surface area (Å²) < 4.78 is 82.4. The first-order chi connectivity index (χ1) is 13.9. The highest BCUT2D eigenvalue weighted by molar-refractivity contribution is 5.86. The Morgan fingerprint density at radius 3 is 2.30 bits per heavy atom. The lowest BCUT2D eigenvalue weighted by atomic mass is 10.0. The molecule has 0 heterocycles. The van der Waals surface area contributed by atoms with Crippen LogP contribution in [0, 0.1) is 0 Å². The maximum absolute atomic E-state index is 13.1. The Morgan fingerprint density at radius 1 is 1.03 bits per heavy atom. The van der Waals surface area contributed by atoms with Crippen LogP contribution in [-0.4, -0.2) is 12.5 Å². The minimum atomic E-state index is -4.89. The van der Waals surface area contributed by atoms with E-state index >= 15 is 0 Å². The minimum Gasteiger partial charge on any atom is -0.377 e. The number of hydrogen-bond acceptors (Lipinski definition) is 2. The van der Waals surface area contributed by atoms with Crippen LogP contribution in [0.4, 0.5) is 26.3 Å². The zero-order valence-corrected chi connectivity index (χ0v) is 16.6. The van der Waals surface area contributed by atoms with Crippen LogP contribution in [0.3, 0.4) is 0 Å². The molecule has 1 rings (SSSR count). The molecule has 168 valence electrons. The first-order valence-electron chi connectivity index (χ1n) is 9.40. The number of primary amides is 1. The summed E-state index contributed by atoms with van der Waals surface area (Å²) in [5.74, 6) is -0.504. The summed E-state index contributed by atoms with van der Waals surface area (Å²) in [7, 11) is 0. The number of alkyl halides is 6. The normalized spacial score (nSPS) is 13.2. The van der Waals surface area contributed by atoms with Crippen molar-refractivity contribution in [2.75, 3.05) is 6.61 Å². The van der Waals surface area contributed by atoms with E-state index in [1.165, 1.54) is 6.08 Å². The number of ether oxygens (including phenoxy) is 1. The molecular weight excluding hydrogens is 412 g/mol. The SMILES string of the molecule is CC(/C=C/CCCCCCOCc1ccc(C(F)(F)F)cc1C(F)(F)F)=C\C(N)=O. The molecule has 0 aliphatic rings. The van der Waals surface area contributed by atoms with Gasteiger partial charge in [0.25, 0.3) is 0 Å². The summed E-state index contributed by atoms with van der Waals surface area (Å²) in [4.78, 5) is 10.7. The number of halogens is 6. The summed E-state index contributed by atoms with van der Waals surface area (Å²) in [6.07, 6.45) is -0.637. The molecule has 1 aromatic carbocycles. The maximum Gasteiger partial charge on any atom is 0.416 e. The molecule has 0 fully saturated rings. The van der Waals surface area contributed by atoms with Crippen LogP contribution in [0.2, 0.25) is 0 Å². The number of hydrogen-bond donors (Lipinski definition) is 1. The van der Waals surface area contributed by atoms with Crippen LogP contribution in [0.5, 0.6) is 0 Å². The molecule has 9 heteroatoms. The molecule has 0 saturated carbocycles. The summed E-state index contributed by atoms with van der Waals surface area (Å²) in [6.45, 7) is 1.58. The van der Waals surface area contributed by atoms with Crippen LogP contribution < -0.4 is 5.73 Å². The highest BCUT2D eigenvalue weighted by Gasteiger charge is 2.38. The Hall–Kier alpha value is -2.29. The van der Waals surface area contributed by atoms with Crippen LogP contribution in [-0.2, 0) is 28.5 Å². The number of allylic oxidation sites excluding steroid dienone is 3. The fourth-order valence-corrected chi connectivity index (χ4v) is 2.69. The van der Waals surface area contributed by atoms with Gasteiger partial charge in [-0.2, -0.15) is 26.3 Å². The fourth-order valence-electron chi connectivity index (χ4n) is 2.69. The molecule has 2 N–H and O–H groups in total. The Labute approximate surface area is 171 Å². The lowest BCUT2D eigenvalue weighted by molar-refractivity contribution is -0.143. The van der Waals surface area contributed by atoms with E-state index < -0.39 is 36.0 Å². The standard InChI is InChI=1S/C21H25F6NO2/c1-15(12-19(28)29)8-6-4-2-3-5-7-11-30-14-16-9-10-17(20(22,23)24)13-18(16)21(25,26)27/h6,8-10,12-13H,2-5,7,11,14H2,1H3,(H2,28,29)/b8-6+,15-12+. The van der Waals surface area contributed by atoms with E-state index in [0.717, 1.165) is 37.3 Å². The van der Waals surface area contributed by atoms with Crippen molar-refractivity contribution in [3.8, 4) is 0 Å². The molecule has 0 aliphatic carbocycles. The Kier molecular flexibility index (Phi) is 10.1. The molecule has 30 heavy (non-hydrogen) atoms. The fraction of sp³-hybridized carbons (Fsp3) is 0.476.